The molecule has 0 aliphatic carbocycles. The molecule has 0 aromatic heterocycles. The molecular formula is C14H19IN2O2. The Morgan fingerprint density at radius 2 is 2.00 bits per heavy atom. The smallest absolute Gasteiger partial charge is 0.238 e. The molecular weight excluding hydrogens is 355 g/mol. The maximum atomic E-state index is 12.0. The van der Waals surface area contributed by atoms with Crippen molar-refractivity contribution in [1.29, 1.82) is 0 Å². The zero-order valence-corrected chi connectivity index (χ0v) is 13.4. The van der Waals surface area contributed by atoms with Crippen molar-refractivity contribution >= 4 is 34.2 Å². The van der Waals surface area contributed by atoms with Crippen molar-refractivity contribution in [2.75, 3.05) is 25.0 Å². The zero-order chi connectivity index (χ0) is 13.8. The SMILES string of the molecule is C[C@H]1CN(CC(=O)Nc2ccccc2I)C[C@H](C)O1. The van der Waals surface area contributed by atoms with Gasteiger partial charge in [0.15, 0.2) is 0 Å². The Kier molecular flexibility index (Phi) is 5.18. The van der Waals surface area contributed by atoms with Crippen LogP contribution in [0.4, 0.5) is 5.69 Å². The van der Waals surface area contributed by atoms with E-state index < -0.39 is 0 Å². The van der Waals surface area contributed by atoms with Gasteiger partial charge in [-0.3, -0.25) is 9.69 Å². The van der Waals surface area contributed by atoms with Crippen LogP contribution in [0.2, 0.25) is 0 Å². The van der Waals surface area contributed by atoms with E-state index in [9.17, 15) is 4.79 Å². The number of nitrogens with zero attached hydrogens (tertiary/aromatic N) is 1. The number of benzene rings is 1. The number of hydrogen-bond acceptors (Lipinski definition) is 3. The summed E-state index contributed by atoms with van der Waals surface area (Å²) in [4.78, 5) is 14.2. The summed E-state index contributed by atoms with van der Waals surface area (Å²) in [6, 6.07) is 7.79. The van der Waals surface area contributed by atoms with Gasteiger partial charge in [-0.05, 0) is 48.6 Å². The Bertz CT molecular complexity index is 443. The van der Waals surface area contributed by atoms with Crippen LogP contribution in [0.1, 0.15) is 13.8 Å². The number of amides is 1. The van der Waals surface area contributed by atoms with Gasteiger partial charge in [0, 0.05) is 16.7 Å². The van der Waals surface area contributed by atoms with Crippen LogP contribution in [-0.2, 0) is 9.53 Å². The number of carbonyl (C=O) groups excluding carboxylic acids is 1. The summed E-state index contributed by atoms with van der Waals surface area (Å²) in [5.74, 6) is 0.0328. The van der Waals surface area contributed by atoms with Gasteiger partial charge in [-0.1, -0.05) is 12.1 Å². The van der Waals surface area contributed by atoms with E-state index in [1.54, 1.807) is 0 Å². The third-order valence-corrected chi connectivity index (χ3v) is 3.95. The number of para-hydroxylation sites is 1. The van der Waals surface area contributed by atoms with Crippen LogP contribution in [0.15, 0.2) is 24.3 Å². The molecule has 4 nitrogen and oxygen atoms in total. The van der Waals surface area contributed by atoms with Crippen LogP contribution < -0.4 is 5.32 Å². The molecule has 0 spiro atoms. The number of nitrogens with one attached hydrogen (secondary N) is 1. The first-order valence-electron chi connectivity index (χ1n) is 6.47. The second-order valence-corrected chi connectivity index (χ2v) is 6.14. The van der Waals surface area contributed by atoms with Crippen molar-refractivity contribution in [2.45, 2.75) is 26.1 Å². The van der Waals surface area contributed by atoms with E-state index in [1.807, 2.05) is 38.1 Å². The van der Waals surface area contributed by atoms with Gasteiger partial charge < -0.3 is 10.1 Å². The minimum Gasteiger partial charge on any atom is -0.373 e. The Labute approximate surface area is 127 Å². The monoisotopic (exact) mass is 374 g/mol. The molecule has 104 valence electrons. The molecule has 0 unspecified atom stereocenters. The van der Waals surface area contributed by atoms with Crippen LogP contribution in [0.3, 0.4) is 0 Å². The maximum absolute atomic E-state index is 12.0. The number of halogens is 1. The minimum absolute atomic E-state index is 0.0328. The molecule has 1 aliphatic rings. The topological polar surface area (TPSA) is 41.6 Å². The first kappa shape index (κ1) is 14.7. The molecule has 1 N–H and O–H groups in total. The van der Waals surface area contributed by atoms with Gasteiger partial charge >= 0.3 is 0 Å². The summed E-state index contributed by atoms with van der Waals surface area (Å²) in [6.07, 6.45) is 0.377. The standard InChI is InChI=1S/C14H19IN2O2/c1-10-7-17(8-11(2)19-10)9-14(18)16-13-6-4-3-5-12(13)15/h3-6,10-11H,7-9H2,1-2H3,(H,16,18)/t10-,11-/m0/s1. The maximum Gasteiger partial charge on any atom is 0.238 e. The first-order valence-corrected chi connectivity index (χ1v) is 7.54. The lowest BCUT2D eigenvalue weighted by atomic mass is 10.2. The van der Waals surface area contributed by atoms with Crippen LogP contribution in [0, 0.1) is 3.57 Å². The van der Waals surface area contributed by atoms with Crippen LogP contribution in [-0.4, -0.2) is 42.6 Å². The molecule has 1 aliphatic heterocycles. The van der Waals surface area contributed by atoms with Gasteiger partial charge in [-0.15, -0.1) is 0 Å². The fraction of sp³-hybridized carbons (Fsp3) is 0.500. The fourth-order valence-electron chi connectivity index (χ4n) is 2.37. The second kappa shape index (κ2) is 6.67. The number of rotatable bonds is 3. The van der Waals surface area contributed by atoms with Gasteiger partial charge in [-0.25, -0.2) is 0 Å². The van der Waals surface area contributed by atoms with Crippen molar-refractivity contribution in [3.05, 3.63) is 27.8 Å². The molecule has 2 atom stereocenters. The van der Waals surface area contributed by atoms with Gasteiger partial charge in [-0.2, -0.15) is 0 Å². The van der Waals surface area contributed by atoms with Gasteiger partial charge in [0.05, 0.1) is 24.4 Å². The lowest BCUT2D eigenvalue weighted by Crippen LogP contribution is -2.48. The lowest BCUT2D eigenvalue weighted by Gasteiger charge is -2.34. The van der Waals surface area contributed by atoms with E-state index >= 15 is 0 Å². The Morgan fingerprint density at radius 1 is 1.37 bits per heavy atom. The number of anilines is 1. The molecule has 1 saturated heterocycles. The molecule has 2 rings (SSSR count). The van der Waals surface area contributed by atoms with E-state index in [1.165, 1.54) is 0 Å². The zero-order valence-electron chi connectivity index (χ0n) is 11.2. The van der Waals surface area contributed by atoms with Crippen molar-refractivity contribution in [2.24, 2.45) is 0 Å². The van der Waals surface area contributed by atoms with Crippen molar-refractivity contribution in [3.63, 3.8) is 0 Å². The number of ether oxygens (including phenoxy) is 1. The summed E-state index contributed by atoms with van der Waals surface area (Å²) in [7, 11) is 0. The lowest BCUT2D eigenvalue weighted by molar-refractivity contribution is -0.121. The molecule has 1 aromatic carbocycles. The molecule has 0 radical (unpaired) electrons. The molecule has 1 heterocycles. The molecule has 0 bridgehead atoms. The highest BCUT2D eigenvalue weighted by Crippen LogP contribution is 2.17. The molecule has 1 fully saturated rings. The molecule has 1 aromatic rings. The minimum atomic E-state index is 0.0328. The molecule has 19 heavy (non-hydrogen) atoms. The average molecular weight is 374 g/mol. The van der Waals surface area contributed by atoms with E-state index in [0.717, 1.165) is 22.3 Å². The second-order valence-electron chi connectivity index (χ2n) is 4.98. The Balaban J connectivity index is 1.89. The van der Waals surface area contributed by atoms with Crippen molar-refractivity contribution in [1.82, 2.24) is 4.90 Å². The van der Waals surface area contributed by atoms with Crippen molar-refractivity contribution in [3.8, 4) is 0 Å². The Hall–Kier alpha value is -0.660. The van der Waals surface area contributed by atoms with E-state index in [0.29, 0.717) is 6.54 Å². The number of carbonyl (C=O) groups is 1. The number of hydrogen-bond donors (Lipinski definition) is 1. The normalized spacial score (nSPS) is 24.2. The highest BCUT2D eigenvalue weighted by atomic mass is 127. The third-order valence-electron chi connectivity index (χ3n) is 3.01. The fourth-order valence-corrected chi connectivity index (χ4v) is 2.89. The van der Waals surface area contributed by atoms with Crippen LogP contribution >= 0.6 is 22.6 Å². The Morgan fingerprint density at radius 3 is 2.63 bits per heavy atom. The summed E-state index contributed by atoms with van der Waals surface area (Å²) in [6.45, 7) is 6.12. The summed E-state index contributed by atoms with van der Waals surface area (Å²) in [5.41, 5.74) is 0.877. The van der Waals surface area contributed by atoms with Crippen LogP contribution in [0.25, 0.3) is 0 Å². The number of morpholine rings is 1. The highest BCUT2D eigenvalue weighted by Gasteiger charge is 2.23. The molecule has 1 amide bonds. The van der Waals surface area contributed by atoms with Gasteiger partial charge in [0.25, 0.3) is 0 Å². The first-order chi connectivity index (χ1) is 9.04. The van der Waals surface area contributed by atoms with Crippen molar-refractivity contribution < 1.29 is 9.53 Å². The highest BCUT2D eigenvalue weighted by molar-refractivity contribution is 14.1. The predicted octanol–water partition coefficient (Wildman–Crippen LogP) is 2.34. The average Bonchev–Trinajstić information content (AvgIpc) is 2.30. The quantitative estimate of drug-likeness (QED) is 0.826. The van der Waals surface area contributed by atoms with Gasteiger partial charge in [0.2, 0.25) is 5.91 Å². The predicted molar refractivity (Wildman–Crippen MR) is 84.2 cm³/mol. The molecule has 5 heteroatoms. The van der Waals surface area contributed by atoms with E-state index in [4.69, 9.17) is 4.74 Å². The van der Waals surface area contributed by atoms with E-state index in [2.05, 4.69) is 32.8 Å². The third kappa shape index (κ3) is 4.43. The summed E-state index contributed by atoms with van der Waals surface area (Å²) in [5, 5.41) is 2.96. The van der Waals surface area contributed by atoms with E-state index in [-0.39, 0.29) is 18.1 Å². The van der Waals surface area contributed by atoms with Crippen LogP contribution in [0.5, 0.6) is 0 Å². The largest absolute Gasteiger partial charge is 0.373 e. The van der Waals surface area contributed by atoms with Gasteiger partial charge in [0.1, 0.15) is 0 Å². The summed E-state index contributed by atoms with van der Waals surface area (Å²) >= 11 is 2.22. The molecule has 0 saturated carbocycles. The summed E-state index contributed by atoms with van der Waals surface area (Å²) < 4.78 is 6.71.